The van der Waals surface area contributed by atoms with Gasteiger partial charge >= 0.3 is 5.97 Å². The van der Waals surface area contributed by atoms with Gasteiger partial charge in [-0.3, -0.25) is 9.69 Å². The summed E-state index contributed by atoms with van der Waals surface area (Å²) in [5.74, 6) is -0.185. The van der Waals surface area contributed by atoms with Crippen molar-refractivity contribution in [3.05, 3.63) is 0 Å². The lowest BCUT2D eigenvalue weighted by atomic mass is 9.77. The van der Waals surface area contributed by atoms with E-state index in [1.54, 1.807) is 0 Å². The lowest BCUT2D eigenvalue weighted by Crippen LogP contribution is -2.51. The van der Waals surface area contributed by atoms with Gasteiger partial charge in [0.25, 0.3) is 0 Å². The van der Waals surface area contributed by atoms with E-state index in [4.69, 9.17) is 10.5 Å². The monoisotopic (exact) mass is 240 g/mol. The average molecular weight is 240 g/mol. The molecule has 17 heavy (non-hydrogen) atoms. The zero-order chi connectivity index (χ0) is 12.3. The van der Waals surface area contributed by atoms with Crippen molar-refractivity contribution >= 4 is 5.97 Å². The number of esters is 1. The van der Waals surface area contributed by atoms with Gasteiger partial charge in [0.15, 0.2) is 0 Å². The normalized spacial score (nSPS) is 26.0. The summed E-state index contributed by atoms with van der Waals surface area (Å²) in [4.78, 5) is 13.8. The molecule has 1 atom stereocenters. The second kappa shape index (κ2) is 5.36. The molecule has 1 saturated heterocycles. The predicted molar refractivity (Wildman–Crippen MR) is 66.6 cm³/mol. The number of hydrogen-bond acceptors (Lipinski definition) is 4. The van der Waals surface area contributed by atoms with Gasteiger partial charge in [0.1, 0.15) is 6.04 Å². The van der Waals surface area contributed by atoms with Crippen LogP contribution in [-0.2, 0) is 9.53 Å². The highest BCUT2D eigenvalue weighted by molar-refractivity contribution is 5.75. The van der Waals surface area contributed by atoms with E-state index in [-0.39, 0.29) is 12.0 Å². The molecule has 1 heterocycles. The Morgan fingerprint density at radius 3 is 2.35 bits per heavy atom. The smallest absolute Gasteiger partial charge is 0.324 e. The summed E-state index contributed by atoms with van der Waals surface area (Å²) in [5, 5.41) is 0. The molecule has 0 bridgehead atoms. The number of carbonyl (C=O) groups is 1. The van der Waals surface area contributed by atoms with E-state index in [0.29, 0.717) is 12.0 Å². The minimum Gasteiger partial charge on any atom is -0.468 e. The number of methoxy groups -OCH3 is 1. The lowest BCUT2D eigenvalue weighted by Gasteiger charge is -2.41. The third-order valence-corrected chi connectivity index (χ3v) is 4.66. The quantitative estimate of drug-likeness (QED) is 0.752. The first-order valence-electron chi connectivity index (χ1n) is 6.73. The van der Waals surface area contributed by atoms with E-state index in [9.17, 15) is 4.79 Å². The second-order valence-corrected chi connectivity index (χ2v) is 5.52. The number of likely N-dealkylation sites (tertiary alicyclic amines) is 1. The Bertz CT molecular complexity index is 265. The van der Waals surface area contributed by atoms with Crippen molar-refractivity contribution in [2.45, 2.75) is 44.6 Å². The summed E-state index contributed by atoms with van der Waals surface area (Å²) in [7, 11) is 1.44. The van der Waals surface area contributed by atoms with Crippen molar-refractivity contribution in [1.82, 2.24) is 4.90 Å². The van der Waals surface area contributed by atoms with Gasteiger partial charge in [0, 0.05) is 6.54 Å². The van der Waals surface area contributed by atoms with E-state index < -0.39 is 0 Å². The van der Waals surface area contributed by atoms with E-state index >= 15 is 0 Å². The summed E-state index contributed by atoms with van der Waals surface area (Å²) in [6, 6.07) is -0.237. The zero-order valence-electron chi connectivity index (χ0n) is 10.8. The largest absolute Gasteiger partial charge is 0.468 e. The van der Waals surface area contributed by atoms with Crippen LogP contribution < -0.4 is 5.73 Å². The van der Waals surface area contributed by atoms with Crippen molar-refractivity contribution < 1.29 is 9.53 Å². The van der Waals surface area contributed by atoms with Crippen LogP contribution in [-0.4, -0.2) is 43.7 Å². The van der Waals surface area contributed by atoms with Crippen LogP contribution >= 0.6 is 0 Å². The summed E-state index contributed by atoms with van der Waals surface area (Å²) < 4.78 is 4.81. The first kappa shape index (κ1) is 12.8. The fourth-order valence-corrected chi connectivity index (χ4v) is 3.47. The molecule has 4 heteroatoms. The predicted octanol–water partition coefficient (Wildman–Crippen LogP) is 1.14. The summed E-state index contributed by atoms with van der Waals surface area (Å²) >= 11 is 0. The Balaban J connectivity index is 1.91. The van der Waals surface area contributed by atoms with Crippen LogP contribution in [0.3, 0.4) is 0 Å². The average Bonchev–Trinajstić information content (AvgIpc) is 2.81. The molecule has 1 spiro atoms. The SMILES string of the molecule is COC(=O)C(CN)N1CCC2(CCCC2)CC1. The van der Waals surface area contributed by atoms with Crippen molar-refractivity contribution in [2.24, 2.45) is 11.1 Å². The molecule has 1 saturated carbocycles. The van der Waals surface area contributed by atoms with Crippen molar-refractivity contribution in [3.63, 3.8) is 0 Å². The summed E-state index contributed by atoms with van der Waals surface area (Å²) in [6.45, 7) is 2.35. The first-order chi connectivity index (χ1) is 8.21. The van der Waals surface area contributed by atoms with E-state index in [1.807, 2.05) is 0 Å². The molecule has 1 aliphatic heterocycles. The van der Waals surface area contributed by atoms with E-state index in [0.717, 1.165) is 13.1 Å². The number of hydrogen-bond donors (Lipinski definition) is 1. The molecule has 2 aliphatic rings. The topological polar surface area (TPSA) is 55.6 Å². The number of ether oxygens (including phenoxy) is 1. The van der Waals surface area contributed by atoms with Crippen LogP contribution in [0.4, 0.5) is 0 Å². The molecule has 0 aromatic rings. The maximum absolute atomic E-state index is 11.6. The molecule has 2 rings (SSSR count). The molecular formula is C13H24N2O2. The number of nitrogens with zero attached hydrogens (tertiary/aromatic N) is 1. The highest BCUT2D eigenvalue weighted by atomic mass is 16.5. The minimum absolute atomic E-state index is 0.185. The molecule has 4 nitrogen and oxygen atoms in total. The first-order valence-corrected chi connectivity index (χ1v) is 6.73. The standard InChI is InChI=1S/C13H24N2O2/c1-17-12(16)11(10-14)15-8-6-13(7-9-15)4-2-3-5-13/h11H,2-10,14H2,1H3. The van der Waals surface area contributed by atoms with Crippen LogP contribution in [0.25, 0.3) is 0 Å². The van der Waals surface area contributed by atoms with Gasteiger partial charge in [-0.15, -0.1) is 0 Å². The molecule has 98 valence electrons. The molecule has 0 radical (unpaired) electrons. The van der Waals surface area contributed by atoms with Gasteiger partial charge in [0.05, 0.1) is 7.11 Å². The van der Waals surface area contributed by atoms with Gasteiger partial charge < -0.3 is 10.5 Å². The van der Waals surface area contributed by atoms with Crippen molar-refractivity contribution in [1.29, 1.82) is 0 Å². The van der Waals surface area contributed by atoms with Gasteiger partial charge in [-0.2, -0.15) is 0 Å². The highest BCUT2D eigenvalue weighted by Gasteiger charge is 2.39. The zero-order valence-corrected chi connectivity index (χ0v) is 10.8. The maximum Gasteiger partial charge on any atom is 0.324 e. The molecular weight excluding hydrogens is 216 g/mol. The molecule has 0 aromatic carbocycles. The van der Waals surface area contributed by atoms with Crippen molar-refractivity contribution in [2.75, 3.05) is 26.7 Å². The van der Waals surface area contributed by atoms with Gasteiger partial charge in [-0.1, -0.05) is 12.8 Å². The number of carbonyl (C=O) groups excluding carboxylic acids is 1. The Morgan fingerprint density at radius 1 is 1.29 bits per heavy atom. The molecule has 1 unspecified atom stereocenters. The van der Waals surface area contributed by atoms with E-state index in [2.05, 4.69) is 4.90 Å². The lowest BCUT2D eigenvalue weighted by molar-refractivity contribution is -0.147. The van der Waals surface area contributed by atoms with Gasteiger partial charge in [-0.25, -0.2) is 0 Å². The van der Waals surface area contributed by atoms with Crippen LogP contribution in [0.1, 0.15) is 38.5 Å². The third kappa shape index (κ3) is 2.63. The van der Waals surface area contributed by atoms with Crippen LogP contribution in [0.15, 0.2) is 0 Å². The Kier molecular flexibility index (Phi) is 4.05. The van der Waals surface area contributed by atoms with E-state index in [1.165, 1.54) is 45.6 Å². The Labute approximate surface area is 103 Å². The molecule has 0 aromatic heterocycles. The van der Waals surface area contributed by atoms with Crippen molar-refractivity contribution in [3.8, 4) is 0 Å². The fourth-order valence-electron chi connectivity index (χ4n) is 3.47. The maximum atomic E-state index is 11.6. The molecule has 0 amide bonds. The second-order valence-electron chi connectivity index (χ2n) is 5.52. The van der Waals surface area contributed by atoms with Crippen LogP contribution in [0.5, 0.6) is 0 Å². The Hall–Kier alpha value is -0.610. The Morgan fingerprint density at radius 2 is 1.88 bits per heavy atom. The molecule has 1 aliphatic carbocycles. The highest BCUT2D eigenvalue weighted by Crippen LogP contribution is 2.46. The molecule has 2 fully saturated rings. The number of rotatable bonds is 3. The van der Waals surface area contributed by atoms with Crippen LogP contribution in [0, 0.1) is 5.41 Å². The fraction of sp³-hybridized carbons (Fsp3) is 0.923. The van der Waals surface area contributed by atoms with Gasteiger partial charge in [0.2, 0.25) is 0 Å². The third-order valence-electron chi connectivity index (χ3n) is 4.66. The van der Waals surface area contributed by atoms with Crippen LogP contribution in [0.2, 0.25) is 0 Å². The summed E-state index contributed by atoms with van der Waals surface area (Å²) in [6.07, 6.45) is 7.98. The number of nitrogens with two attached hydrogens (primary N) is 1. The van der Waals surface area contributed by atoms with Gasteiger partial charge in [-0.05, 0) is 44.2 Å². The minimum atomic E-state index is -0.237. The molecule has 2 N–H and O–H groups in total. The summed E-state index contributed by atoms with van der Waals surface area (Å²) in [5.41, 5.74) is 6.27. The number of piperidine rings is 1.